The maximum Gasteiger partial charge on any atom is 0.280 e. The maximum atomic E-state index is 12.3. The van der Waals surface area contributed by atoms with Gasteiger partial charge in [0.2, 0.25) is 0 Å². The highest BCUT2D eigenvalue weighted by Gasteiger charge is 2.30. The van der Waals surface area contributed by atoms with Crippen LogP contribution < -0.4 is 10.7 Å². The van der Waals surface area contributed by atoms with Crippen LogP contribution in [0.5, 0.6) is 0 Å². The first-order chi connectivity index (χ1) is 9.68. The van der Waals surface area contributed by atoms with Crippen LogP contribution in [0.1, 0.15) is 5.56 Å². The summed E-state index contributed by atoms with van der Waals surface area (Å²) in [5, 5.41) is 5.72. The summed E-state index contributed by atoms with van der Waals surface area (Å²) >= 11 is 0. The second-order valence-corrected chi connectivity index (χ2v) is 4.47. The predicted octanol–water partition coefficient (Wildman–Crippen LogP) is 2.58. The van der Waals surface area contributed by atoms with Crippen molar-refractivity contribution >= 4 is 23.0 Å². The quantitative estimate of drug-likeness (QED) is 0.668. The van der Waals surface area contributed by atoms with Crippen LogP contribution in [0, 0.1) is 0 Å². The van der Waals surface area contributed by atoms with Gasteiger partial charge in [0.1, 0.15) is 5.71 Å². The zero-order valence-electron chi connectivity index (χ0n) is 10.8. The van der Waals surface area contributed by atoms with E-state index < -0.39 is 0 Å². The third-order valence-corrected chi connectivity index (χ3v) is 3.15. The number of para-hydroxylation sites is 2. The van der Waals surface area contributed by atoms with E-state index in [-0.39, 0.29) is 5.91 Å². The second-order valence-electron chi connectivity index (χ2n) is 4.47. The molecule has 0 unspecified atom stereocenters. The maximum absolute atomic E-state index is 12.3. The highest BCUT2D eigenvalue weighted by molar-refractivity contribution is 6.36. The first-order valence-electron chi connectivity index (χ1n) is 6.21. The normalized spacial score (nSPS) is 14.6. The zero-order chi connectivity index (χ0) is 14.1. The van der Waals surface area contributed by atoms with Crippen LogP contribution in [-0.4, -0.2) is 11.6 Å². The van der Waals surface area contributed by atoms with Crippen molar-refractivity contribution in [2.75, 3.05) is 10.7 Å². The molecule has 1 aliphatic heterocycles. The van der Waals surface area contributed by atoms with Crippen molar-refractivity contribution in [2.24, 2.45) is 5.10 Å². The van der Waals surface area contributed by atoms with Crippen LogP contribution in [0.2, 0.25) is 0 Å². The third kappa shape index (κ3) is 1.87. The summed E-state index contributed by atoms with van der Waals surface area (Å²) in [6.45, 7) is 3.83. The molecule has 1 aliphatic rings. The average molecular weight is 263 g/mol. The summed E-state index contributed by atoms with van der Waals surface area (Å²) in [6, 6.07) is 16.6. The Morgan fingerprint density at radius 2 is 1.65 bits per heavy atom. The molecular formula is C16H13N3O. The Hall–Kier alpha value is -2.88. The summed E-state index contributed by atoms with van der Waals surface area (Å²) in [5.74, 6) is -0.227. The first-order valence-corrected chi connectivity index (χ1v) is 6.21. The zero-order valence-corrected chi connectivity index (χ0v) is 10.8. The van der Waals surface area contributed by atoms with Gasteiger partial charge in [-0.25, -0.2) is 0 Å². The number of hydrogen-bond donors (Lipinski definition) is 1. The number of nitrogen functional groups attached to an aromatic ring is 1. The van der Waals surface area contributed by atoms with Crippen LogP contribution in [0.4, 0.5) is 11.4 Å². The number of hydrogen-bond acceptors (Lipinski definition) is 3. The van der Waals surface area contributed by atoms with Crippen molar-refractivity contribution in [1.29, 1.82) is 0 Å². The van der Waals surface area contributed by atoms with E-state index in [2.05, 4.69) is 11.7 Å². The van der Waals surface area contributed by atoms with Gasteiger partial charge in [-0.2, -0.15) is 10.1 Å². The van der Waals surface area contributed by atoms with E-state index in [4.69, 9.17) is 5.73 Å². The largest absolute Gasteiger partial charge is 0.398 e. The van der Waals surface area contributed by atoms with Gasteiger partial charge in [0, 0.05) is 11.3 Å². The minimum absolute atomic E-state index is 0.227. The Bertz CT molecular complexity index is 720. The number of nitrogens with two attached hydrogens (primary N) is 1. The van der Waals surface area contributed by atoms with E-state index >= 15 is 0 Å². The Morgan fingerprint density at radius 3 is 2.35 bits per heavy atom. The molecule has 0 fully saturated rings. The minimum Gasteiger partial charge on any atom is -0.398 e. The molecule has 0 saturated heterocycles. The molecule has 1 amide bonds. The lowest BCUT2D eigenvalue weighted by Crippen LogP contribution is -2.20. The summed E-state index contributed by atoms with van der Waals surface area (Å²) in [6.07, 6.45) is 0. The highest BCUT2D eigenvalue weighted by atomic mass is 16.2. The topological polar surface area (TPSA) is 58.7 Å². The number of anilines is 2. The summed E-state index contributed by atoms with van der Waals surface area (Å²) in [4.78, 5) is 12.3. The van der Waals surface area contributed by atoms with Crippen LogP contribution in [-0.2, 0) is 4.79 Å². The summed E-state index contributed by atoms with van der Waals surface area (Å²) in [7, 11) is 0. The Balaban J connectivity index is 2.07. The molecule has 4 heteroatoms. The monoisotopic (exact) mass is 263 g/mol. The lowest BCUT2D eigenvalue weighted by atomic mass is 10.0. The van der Waals surface area contributed by atoms with E-state index in [0.29, 0.717) is 22.7 Å². The molecule has 3 rings (SSSR count). The number of benzene rings is 2. The van der Waals surface area contributed by atoms with Crippen molar-refractivity contribution in [1.82, 2.24) is 0 Å². The minimum atomic E-state index is -0.227. The molecule has 1 heterocycles. The fourth-order valence-corrected chi connectivity index (χ4v) is 2.11. The van der Waals surface area contributed by atoms with Gasteiger partial charge >= 0.3 is 0 Å². The average Bonchev–Trinajstić information content (AvgIpc) is 2.77. The number of carbonyl (C=O) groups excluding carboxylic acids is 1. The Labute approximate surface area is 116 Å². The van der Waals surface area contributed by atoms with Crippen molar-refractivity contribution in [3.8, 4) is 0 Å². The molecule has 0 aromatic heterocycles. The molecular weight excluding hydrogens is 250 g/mol. The van der Waals surface area contributed by atoms with Gasteiger partial charge in [-0.05, 0) is 18.2 Å². The van der Waals surface area contributed by atoms with E-state index in [9.17, 15) is 4.79 Å². The molecule has 0 atom stereocenters. The summed E-state index contributed by atoms with van der Waals surface area (Å²) < 4.78 is 0. The molecule has 0 aliphatic carbocycles. The second kappa shape index (κ2) is 4.66. The van der Waals surface area contributed by atoms with Gasteiger partial charge in [-0.15, -0.1) is 0 Å². The number of nitrogens with zero attached hydrogens (tertiary/aromatic N) is 2. The van der Waals surface area contributed by atoms with Crippen LogP contribution >= 0.6 is 0 Å². The SMILES string of the molecule is C=C1C(=O)N(c2ccccc2)N=C1c1ccccc1N. The Morgan fingerprint density at radius 1 is 1.00 bits per heavy atom. The number of amides is 1. The fraction of sp³-hybridized carbons (Fsp3) is 0. The molecule has 2 aromatic rings. The molecule has 98 valence electrons. The molecule has 0 bridgehead atoms. The van der Waals surface area contributed by atoms with Gasteiger partial charge in [-0.1, -0.05) is 43.0 Å². The first kappa shape index (κ1) is 12.2. The molecule has 0 saturated carbocycles. The van der Waals surface area contributed by atoms with Gasteiger partial charge in [0.25, 0.3) is 5.91 Å². The van der Waals surface area contributed by atoms with E-state index in [1.54, 1.807) is 6.07 Å². The van der Waals surface area contributed by atoms with Crippen LogP contribution in [0.3, 0.4) is 0 Å². The van der Waals surface area contributed by atoms with Crippen molar-refractivity contribution in [2.45, 2.75) is 0 Å². The van der Waals surface area contributed by atoms with Gasteiger partial charge in [0.15, 0.2) is 0 Å². The smallest absolute Gasteiger partial charge is 0.280 e. The molecule has 20 heavy (non-hydrogen) atoms. The van der Waals surface area contributed by atoms with Crippen molar-refractivity contribution in [3.05, 3.63) is 72.3 Å². The van der Waals surface area contributed by atoms with Gasteiger partial charge in [0.05, 0.1) is 11.3 Å². The van der Waals surface area contributed by atoms with E-state index in [0.717, 1.165) is 5.56 Å². The highest BCUT2D eigenvalue weighted by Crippen LogP contribution is 2.27. The summed E-state index contributed by atoms with van der Waals surface area (Å²) in [5.41, 5.74) is 8.84. The lowest BCUT2D eigenvalue weighted by molar-refractivity contribution is -0.114. The standard InChI is InChI=1S/C16H13N3O/c1-11-15(13-9-5-6-10-14(13)17)18-19(16(11)20)12-7-3-2-4-8-12/h2-10H,1,17H2. The van der Waals surface area contributed by atoms with Crippen LogP contribution in [0.25, 0.3) is 0 Å². The van der Waals surface area contributed by atoms with E-state index in [1.807, 2.05) is 48.5 Å². The van der Waals surface area contributed by atoms with Crippen LogP contribution in [0.15, 0.2) is 71.9 Å². The molecule has 0 radical (unpaired) electrons. The number of hydrazone groups is 1. The van der Waals surface area contributed by atoms with Crippen molar-refractivity contribution < 1.29 is 4.79 Å². The molecule has 2 aromatic carbocycles. The Kier molecular flexibility index (Phi) is 2.84. The molecule has 4 nitrogen and oxygen atoms in total. The number of carbonyl (C=O) groups is 1. The van der Waals surface area contributed by atoms with Gasteiger partial charge < -0.3 is 5.73 Å². The lowest BCUT2D eigenvalue weighted by Gasteiger charge is -2.10. The van der Waals surface area contributed by atoms with Gasteiger partial charge in [-0.3, -0.25) is 4.79 Å². The van der Waals surface area contributed by atoms with Crippen molar-refractivity contribution in [3.63, 3.8) is 0 Å². The molecule has 2 N–H and O–H groups in total. The number of rotatable bonds is 2. The molecule has 0 spiro atoms. The van der Waals surface area contributed by atoms with E-state index in [1.165, 1.54) is 5.01 Å². The third-order valence-electron chi connectivity index (χ3n) is 3.15. The fourth-order valence-electron chi connectivity index (χ4n) is 2.11. The predicted molar refractivity (Wildman–Crippen MR) is 80.5 cm³/mol.